The molecule has 0 radical (unpaired) electrons. The fourth-order valence-electron chi connectivity index (χ4n) is 1.42. The van der Waals surface area contributed by atoms with E-state index in [4.69, 9.17) is 4.74 Å². The number of carbonyl (C=O) groups excluding carboxylic acids is 1. The maximum Gasteiger partial charge on any atom is 0.338 e. The molecule has 0 saturated carbocycles. The molecular weight excluding hydrogens is 204 g/mol. The molecule has 2 unspecified atom stereocenters. The Hall–Kier alpha value is -1.35. The smallest absolute Gasteiger partial charge is 0.338 e. The van der Waals surface area contributed by atoms with Crippen molar-refractivity contribution in [2.45, 2.75) is 38.9 Å². The maximum absolute atomic E-state index is 11.6. The predicted molar refractivity (Wildman–Crippen MR) is 62.2 cm³/mol. The second-order valence-electron chi connectivity index (χ2n) is 3.88. The Labute approximate surface area is 96.1 Å². The summed E-state index contributed by atoms with van der Waals surface area (Å²) < 4.78 is 5.21. The highest BCUT2D eigenvalue weighted by Crippen LogP contribution is 2.09. The van der Waals surface area contributed by atoms with Gasteiger partial charge < -0.3 is 9.84 Å². The lowest BCUT2D eigenvalue weighted by atomic mass is 10.1. The molecule has 1 aromatic rings. The van der Waals surface area contributed by atoms with E-state index in [2.05, 4.69) is 0 Å². The quantitative estimate of drug-likeness (QED) is 0.778. The number of aliphatic hydroxyl groups excluding tert-OH is 1. The van der Waals surface area contributed by atoms with Crippen LogP contribution in [0.25, 0.3) is 0 Å². The molecule has 0 aliphatic carbocycles. The zero-order valence-corrected chi connectivity index (χ0v) is 9.72. The number of rotatable bonds is 5. The summed E-state index contributed by atoms with van der Waals surface area (Å²) >= 11 is 0. The van der Waals surface area contributed by atoms with Crippen LogP contribution in [0.4, 0.5) is 0 Å². The van der Waals surface area contributed by atoms with Gasteiger partial charge in [0.15, 0.2) is 0 Å². The third-order valence-electron chi connectivity index (χ3n) is 2.39. The first-order valence-electron chi connectivity index (χ1n) is 5.57. The van der Waals surface area contributed by atoms with Crippen molar-refractivity contribution in [3.05, 3.63) is 35.9 Å². The average Bonchev–Trinajstić information content (AvgIpc) is 2.29. The standard InChI is InChI=1S/C13H18O3/c1-3-12(14)9-10(2)16-13(15)11-7-5-4-6-8-11/h4-8,10,12,14H,3,9H2,1-2H3. The molecule has 0 fully saturated rings. The molecule has 88 valence electrons. The molecule has 0 aliphatic heterocycles. The molecule has 0 amide bonds. The van der Waals surface area contributed by atoms with Crippen LogP contribution in [-0.2, 0) is 4.74 Å². The Balaban J connectivity index is 2.46. The summed E-state index contributed by atoms with van der Waals surface area (Å²) in [4.78, 5) is 11.6. The van der Waals surface area contributed by atoms with Crippen LogP contribution in [-0.4, -0.2) is 23.3 Å². The van der Waals surface area contributed by atoms with E-state index < -0.39 is 6.10 Å². The molecule has 1 rings (SSSR count). The molecule has 3 heteroatoms. The first-order chi connectivity index (χ1) is 7.63. The number of benzene rings is 1. The third kappa shape index (κ3) is 4.03. The van der Waals surface area contributed by atoms with Gasteiger partial charge in [-0.25, -0.2) is 4.79 Å². The van der Waals surface area contributed by atoms with Crippen LogP contribution < -0.4 is 0 Å². The van der Waals surface area contributed by atoms with Crippen molar-refractivity contribution in [2.75, 3.05) is 0 Å². The predicted octanol–water partition coefficient (Wildman–Crippen LogP) is 2.39. The lowest BCUT2D eigenvalue weighted by molar-refractivity contribution is 0.0197. The Bertz CT molecular complexity index is 321. The molecule has 1 N–H and O–H groups in total. The average molecular weight is 222 g/mol. The van der Waals surface area contributed by atoms with Gasteiger partial charge in [-0.3, -0.25) is 0 Å². The van der Waals surface area contributed by atoms with Gasteiger partial charge in [-0.2, -0.15) is 0 Å². The summed E-state index contributed by atoms with van der Waals surface area (Å²) in [6.45, 7) is 3.69. The van der Waals surface area contributed by atoms with Gasteiger partial charge >= 0.3 is 5.97 Å². The Morgan fingerprint density at radius 1 is 1.38 bits per heavy atom. The van der Waals surface area contributed by atoms with Crippen LogP contribution in [0.1, 0.15) is 37.0 Å². The van der Waals surface area contributed by atoms with Crippen molar-refractivity contribution in [2.24, 2.45) is 0 Å². The van der Waals surface area contributed by atoms with E-state index in [1.165, 1.54) is 0 Å². The van der Waals surface area contributed by atoms with Gasteiger partial charge in [-0.1, -0.05) is 25.1 Å². The zero-order valence-electron chi connectivity index (χ0n) is 9.72. The highest BCUT2D eigenvalue weighted by molar-refractivity contribution is 5.89. The summed E-state index contributed by atoms with van der Waals surface area (Å²) in [5.41, 5.74) is 0.542. The van der Waals surface area contributed by atoms with E-state index in [1.807, 2.05) is 13.0 Å². The number of ether oxygens (including phenoxy) is 1. The maximum atomic E-state index is 11.6. The summed E-state index contributed by atoms with van der Waals surface area (Å²) in [6, 6.07) is 8.86. The molecule has 0 spiro atoms. The largest absolute Gasteiger partial charge is 0.459 e. The SMILES string of the molecule is CCC(O)CC(C)OC(=O)c1ccccc1. The van der Waals surface area contributed by atoms with Crippen molar-refractivity contribution in [1.82, 2.24) is 0 Å². The molecule has 2 atom stereocenters. The monoisotopic (exact) mass is 222 g/mol. The first kappa shape index (κ1) is 12.7. The topological polar surface area (TPSA) is 46.5 Å². The molecule has 16 heavy (non-hydrogen) atoms. The minimum absolute atomic E-state index is 0.261. The van der Waals surface area contributed by atoms with Crippen LogP contribution in [0.5, 0.6) is 0 Å². The molecule has 0 aromatic heterocycles. The molecule has 0 aliphatic rings. The Morgan fingerprint density at radius 2 is 2.00 bits per heavy atom. The van der Waals surface area contributed by atoms with Gasteiger partial charge in [0.05, 0.1) is 11.7 Å². The first-order valence-corrected chi connectivity index (χ1v) is 5.57. The Morgan fingerprint density at radius 3 is 2.56 bits per heavy atom. The molecule has 0 saturated heterocycles. The van der Waals surface area contributed by atoms with Crippen LogP contribution in [0.2, 0.25) is 0 Å². The summed E-state index contributed by atoms with van der Waals surface area (Å²) in [6.07, 6.45) is 0.490. The van der Waals surface area contributed by atoms with Crippen molar-refractivity contribution in [3.63, 3.8) is 0 Å². The highest BCUT2D eigenvalue weighted by atomic mass is 16.5. The van der Waals surface area contributed by atoms with Crippen LogP contribution in [0.3, 0.4) is 0 Å². The number of hydrogen-bond acceptors (Lipinski definition) is 3. The van der Waals surface area contributed by atoms with Crippen LogP contribution in [0, 0.1) is 0 Å². The molecular formula is C13H18O3. The van der Waals surface area contributed by atoms with Crippen molar-refractivity contribution < 1.29 is 14.6 Å². The van der Waals surface area contributed by atoms with Crippen LogP contribution in [0.15, 0.2) is 30.3 Å². The Kier molecular flexibility index (Phi) is 4.99. The van der Waals surface area contributed by atoms with Gasteiger partial charge in [0.1, 0.15) is 6.10 Å². The fourth-order valence-corrected chi connectivity index (χ4v) is 1.42. The highest BCUT2D eigenvalue weighted by Gasteiger charge is 2.14. The van der Waals surface area contributed by atoms with E-state index in [-0.39, 0.29) is 12.1 Å². The number of esters is 1. The van der Waals surface area contributed by atoms with Gasteiger partial charge in [0, 0.05) is 6.42 Å². The van der Waals surface area contributed by atoms with Crippen molar-refractivity contribution in [1.29, 1.82) is 0 Å². The van der Waals surface area contributed by atoms with E-state index >= 15 is 0 Å². The number of aliphatic hydroxyl groups is 1. The molecule has 0 heterocycles. The summed E-state index contributed by atoms with van der Waals surface area (Å²) in [5, 5.41) is 9.42. The fraction of sp³-hybridized carbons (Fsp3) is 0.462. The van der Waals surface area contributed by atoms with Gasteiger partial charge in [0.2, 0.25) is 0 Å². The number of hydrogen-bond donors (Lipinski definition) is 1. The number of carbonyl (C=O) groups is 1. The van der Waals surface area contributed by atoms with E-state index in [0.717, 1.165) is 0 Å². The van der Waals surface area contributed by atoms with E-state index in [9.17, 15) is 9.90 Å². The minimum atomic E-state index is -0.404. The van der Waals surface area contributed by atoms with Crippen LogP contribution >= 0.6 is 0 Å². The van der Waals surface area contributed by atoms with Gasteiger partial charge in [-0.05, 0) is 25.5 Å². The third-order valence-corrected chi connectivity index (χ3v) is 2.39. The van der Waals surface area contributed by atoms with Gasteiger partial charge in [-0.15, -0.1) is 0 Å². The lowest BCUT2D eigenvalue weighted by Crippen LogP contribution is -2.20. The molecule has 3 nitrogen and oxygen atoms in total. The van der Waals surface area contributed by atoms with Crippen molar-refractivity contribution in [3.8, 4) is 0 Å². The second kappa shape index (κ2) is 6.28. The molecule has 0 bridgehead atoms. The zero-order chi connectivity index (χ0) is 12.0. The van der Waals surface area contributed by atoms with Gasteiger partial charge in [0.25, 0.3) is 0 Å². The summed E-state index contributed by atoms with van der Waals surface area (Å²) in [5.74, 6) is -0.337. The normalized spacial score (nSPS) is 14.2. The lowest BCUT2D eigenvalue weighted by Gasteiger charge is -2.16. The summed E-state index contributed by atoms with van der Waals surface area (Å²) in [7, 11) is 0. The van der Waals surface area contributed by atoms with Crippen molar-refractivity contribution >= 4 is 5.97 Å². The minimum Gasteiger partial charge on any atom is -0.459 e. The molecule has 1 aromatic carbocycles. The van der Waals surface area contributed by atoms with E-state index in [0.29, 0.717) is 18.4 Å². The van der Waals surface area contributed by atoms with E-state index in [1.54, 1.807) is 31.2 Å². The second-order valence-corrected chi connectivity index (χ2v) is 3.88.